The third kappa shape index (κ3) is 6.36. The molecule has 1 saturated carbocycles. The number of alkyl halides is 2. The van der Waals surface area contributed by atoms with Crippen molar-refractivity contribution in [2.75, 3.05) is 13.2 Å². The average molecular weight is 599 g/mol. The minimum absolute atomic E-state index is 0.150. The number of hydrogen-bond donors (Lipinski definition) is 1. The Morgan fingerprint density at radius 1 is 1.19 bits per heavy atom. The highest BCUT2D eigenvalue weighted by atomic mass is 19.3. The molecule has 3 aromatic rings. The van der Waals surface area contributed by atoms with Crippen molar-refractivity contribution >= 4 is 28.5 Å². The van der Waals surface area contributed by atoms with Gasteiger partial charge in [0.25, 0.3) is 6.43 Å². The molecule has 1 aliphatic heterocycles. The summed E-state index contributed by atoms with van der Waals surface area (Å²) in [6.07, 6.45) is 2.82. The summed E-state index contributed by atoms with van der Waals surface area (Å²) in [6, 6.07) is 4.48. The Bertz CT molecular complexity index is 1660. The van der Waals surface area contributed by atoms with E-state index in [4.69, 9.17) is 4.74 Å². The molecule has 1 aromatic carbocycles. The van der Waals surface area contributed by atoms with Gasteiger partial charge in [-0.15, -0.1) is 0 Å². The Hall–Kier alpha value is -4.38. The number of rotatable bonds is 9. The molecule has 1 atom stereocenters. The van der Waals surface area contributed by atoms with Gasteiger partial charge < -0.3 is 4.74 Å². The Morgan fingerprint density at radius 2 is 1.95 bits per heavy atom. The number of nitrogens with zero attached hydrogens (tertiary/aromatic N) is 5. The first kappa shape index (κ1) is 30.1. The van der Waals surface area contributed by atoms with Crippen molar-refractivity contribution in [1.82, 2.24) is 24.2 Å². The first-order valence-electron chi connectivity index (χ1n) is 14.3. The minimum Gasteiger partial charge on any atom is -0.381 e. The van der Waals surface area contributed by atoms with Gasteiger partial charge in [-0.25, -0.2) is 13.6 Å². The molecular weight excluding hydrogens is 566 g/mol. The zero-order chi connectivity index (χ0) is 30.7. The molecule has 2 aliphatic rings. The highest BCUT2D eigenvalue weighted by Crippen LogP contribution is 2.35. The number of nitrogens with one attached hydrogen (secondary N) is 1. The van der Waals surface area contributed by atoms with Crippen LogP contribution in [-0.4, -0.2) is 48.9 Å². The molecule has 3 heterocycles. The number of carbonyl (C=O) groups excluding carboxylic acids is 2. The summed E-state index contributed by atoms with van der Waals surface area (Å²) in [5.41, 5.74) is 0.118. The Kier molecular flexibility index (Phi) is 9.00. The number of para-hydroxylation sites is 1. The second kappa shape index (κ2) is 12.9. The number of piperidine rings is 1. The van der Waals surface area contributed by atoms with Crippen LogP contribution in [0.5, 0.6) is 0 Å². The molecule has 14 heteroatoms. The molecule has 5 rings (SSSR count). The van der Waals surface area contributed by atoms with Gasteiger partial charge in [0.2, 0.25) is 17.5 Å². The fourth-order valence-electron chi connectivity index (χ4n) is 5.89. The molecule has 0 bridgehead atoms. The van der Waals surface area contributed by atoms with Crippen molar-refractivity contribution in [2.45, 2.75) is 69.9 Å². The topological polar surface area (TPSA) is 143 Å². The van der Waals surface area contributed by atoms with E-state index in [-0.39, 0.29) is 30.5 Å². The van der Waals surface area contributed by atoms with Crippen molar-refractivity contribution in [1.29, 1.82) is 0 Å². The van der Waals surface area contributed by atoms with Gasteiger partial charge in [0.05, 0.1) is 27.6 Å². The lowest BCUT2D eigenvalue weighted by Gasteiger charge is -2.28. The van der Waals surface area contributed by atoms with E-state index in [2.05, 4.69) is 22.3 Å². The molecular formula is C29H32F2N6O6. The largest absolute Gasteiger partial charge is 0.381 e. The highest BCUT2D eigenvalue weighted by Gasteiger charge is 2.32. The number of aromatic nitrogens is 4. The Balaban J connectivity index is 1.10. The summed E-state index contributed by atoms with van der Waals surface area (Å²) >= 11 is 0. The molecule has 2 aromatic heterocycles. The number of imidazole rings is 1. The van der Waals surface area contributed by atoms with E-state index < -0.39 is 34.7 Å². The van der Waals surface area contributed by atoms with E-state index in [1.165, 1.54) is 13.8 Å². The molecule has 228 valence electrons. The van der Waals surface area contributed by atoms with E-state index in [1.807, 2.05) is 6.07 Å². The first-order valence-corrected chi connectivity index (χ1v) is 14.3. The van der Waals surface area contributed by atoms with Gasteiger partial charge in [0, 0.05) is 33.1 Å². The Labute approximate surface area is 245 Å². The normalized spacial score (nSPS) is 20.7. The molecule has 1 aliphatic carbocycles. The second-order valence-corrected chi connectivity index (χ2v) is 10.9. The van der Waals surface area contributed by atoms with Crippen LogP contribution in [0.3, 0.4) is 0 Å². The van der Waals surface area contributed by atoms with Gasteiger partial charge in [-0.05, 0) is 56.6 Å². The number of fused-ring (bicyclic) bond motifs is 1. The van der Waals surface area contributed by atoms with Gasteiger partial charge in [-0.1, -0.05) is 17.9 Å². The van der Waals surface area contributed by atoms with Crippen LogP contribution in [0.25, 0.3) is 11.0 Å². The van der Waals surface area contributed by atoms with Gasteiger partial charge in [-0.2, -0.15) is 5.10 Å². The number of ether oxygens (including phenoxy) is 1. The van der Waals surface area contributed by atoms with Crippen molar-refractivity contribution in [3.05, 3.63) is 56.3 Å². The Morgan fingerprint density at radius 3 is 2.63 bits per heavy atom. The molecule has 1 unspecified atom stereocenters. The number of halogens is 2. The van der Waals surface area contributed by atoms with Gasteiger partial charge in [0.15, 0.2) is 0 Å². The molecule has 43 heavy (non-hydrogen) atoms. The SMILES string of the molecule is Cn1c(=O)n(C2CCC(=O)NC2=O)c2cccc(C#CCCCOCC3CCC(n4cc([N+](=O)[O-])c(C(F)F)n4)CC3)c21. The van der Waals surface area contributed by atoms with Crippen molar-refractivity contribution in [3.63, 3.8) is 0 Å². The summed E-state index contributed by atoms with van der Waals surface area (Å²) in [4.78, 5) is 47.3. The fourth-order valence-corrected chi connectivity index (χ4v) is 5.89. The molecule has 1 saturated heterocycles. The molecule has 0 radical (unpaired) electrons. The van der Waals surface area contributed by atoms with E-state index in [0.717, 1.165) is 19.0 Å². The standard InChI is InChI=1S/C29H32F2N6O6/c1-34-26-19(7-5-8-21(26)36(29(34)40)22-13-14-24(38)32-28(22)39)6-3-2-4-15-43-17-18-9-11-20(12-10-18)35-16-23(37(41)42)25(33-35)27(30)31/h5,7-8,16,18,20,22,27H,2,4,9-15,17H2,1H3,(H,32,38,39). The number of carbonyl (C=O) groups is 2. The van der Waals surface area contributed by atoms with E-state index >= 15 is 0 Å². The van der Waals surface area contributed by atoms with Crippen LogP contribution in [-0.2, 0) is 21.4 Å². The number of amides is 2. The smallest absolute Gasteiger partial charge is 0.329 e. The van der Waals surface area contributed by atoms with Crippen LogP contribution >= 0.6 is 0 Å². The lowest BCUT2D eigenvalue weighted by Crippen LogP contribution is -2.44. The number of unbranched alkanes of at least 4 members (excludes halogenated alkanes) is 1. The summed E-state index contributed by atoms with van der Waals surface area (Å²) in [5.74, 6) is 5.77. The van der Waals surface area contributed by atoms with E-state index in [9.17, 15) is 33.3 Å². The number of benzene rings is 1. The maximum absolute atomic E-state index is 13.1. The van der Waals surface area contributed by atoms with Crippen LogP contribution in [0.2, 0.25) is 0 Å². The van der Waals surface area contributed by atoms with E-state index in [0.29, 0.717) is 61.4 Å². The lowest BCUT2D eigenvalue weighted by molar-refractivity contribution is -0.386. The molecule has 0 spiro atoms. The average Bonchev–Trinajstić information content (AvgIpc) is 3.54. The summed E-state index contributed by atoms with van der Waals surface area (Å²) in [5, 5.41) is 17.2. The predicted molar refractivity (Wildman–Crippen MR) is 150 cm³/mol. The molecule has 1 N–H and O–H groups in total. The predicted octanol–water partition coefficient (Wildman–Crippen LogP) is 3.94. The molecule has 2 amide bonds. The van der Waals surface area contributed by atoms with Crippen LogP contribution in [0, 0.1) is 27.9 Å². The number of aryl methyl sites for hydroxylation is 1. The minimum atomic E-state index is -2.99. The number of nitro groups is 1. The highest BCUT2D eigenvalue weighted by molar-refractivity contribution is 6.00. The monoisotopic (exact) mass is 598 g/mol. The van der Waals surface area contributed by atoms with Crippen LogP contribution in [0.1, 0.15) is 81.1 Å². The fraction of sp³-hybridized carbons (Fsp3) is 0.517. The van der Waals surface area contributed by atoms with Gasteiger partial charge >= 0.3 is 11.4 Å². The summed E-state index contributed by atoms with van der Waals surface area (Å²) < 4.78 is 36.3. The summed E-state index contributed by atoms with van der Waals surface area (Å²) in [7, 11) is 1.64. The number of hydrogen-bond acceptors (Lipinski definition) is 7. The van der Waals surface area contributed by atoms with Crippen molar-refractivity contribution < 1.29 is 28.0 Å². The van der Waals surface area contributed by atoms with Crippen LogP contribution in [0.15, 0.2) is 29.2 Å². The molecule has 2 fully saturated rings. The zero-order valence-electron chi connectivity index (χ0n) is 23.6. The lowest BCUT2D eigenvalue weighted by atomic mass is 9.86. The van der Waals surface area contributed by atoms with Gasteiger partial charge in [0.1, 0.15) is 12.2 Å². The van der Waals surface area contributed by atoms with Crippen LogP contribution in [0.4, 0.5) is 14.5 Å². The van der Waals surface area contributed by atoms with E-state index in [1.54, 1.807) is 19.2 Å². The number of imide groups is 1. The first-order chi connectivity index (χ1) is 20.7. The van der Waals surface area contributed by atoms with Crippen molar-refractivity contribution in [3.8, 4) is 11.8 Å². The second-order valence-electron chi connectivity index (χ2n) is 10.9. The third-order valence-corrected chi connectivity index (χ3v) is 8.13. The maximum Gasteiger partial charge on any atom is 0.329 e. The van der Waals surface area contributed by atoms with Crippen LogP contribution < -0.4 is 11.0 Å². The quantitative estimate of drug-likeness (QED) is 0.129. The van der Waals surface area contributed by atoms with Gasteiger partial charge in [-0.3, -0.25) is 38.8 Å². The maximum atomic E-state index is 13.1. The molecule has 12 nitrogen and oxygen atoms in total. The third-order valence-electron chi connectivity index (χ3n) is 8.13. The van der Waals surface area contributed by atoms with Crippen molar-refractivity contribution in [2.24, 2.45) is 13.0 Å². The summed E-state index contributed by atoms with van der Waals surface area (Å²) in [6.45, 7) is 1.09. The zero-order valence-corrected chi connectivity index (χ0v) is 23.6.